The molecule has 1 amide bonds. The number of primary amides is 1. The highest BCUT2D eigenvalue weighted by molar-refractivity contribution is 6.44. The highest BCUT2D eigenvalue weighted by atomic mass is 35.5. The summed E-state index contributed by atoms with van der Waals surface area (Å²) in [6, 6.07) is 9.62. The lowest BCUT2D eigenvalue weighted by Crippen LogP contribution is -2.24. The normalized spacial score (nSPS) is 11.1. The number of hydrogen-bond acceptors (Lipinski definition) is 8. The molecule has 0 aliphatic carbocycles. The SMILES string of the molecule is Cn1cc2cc(Oc3c(Cl)cc(NN=C(C#N)C(=O)OC(N)=O)cc3Cl)ccc2n1. The lowest BCUT2D eigenvalue weighted by molar-refractivity contribution is -0.129. The van der Waals surface area contributed by atoms with Crippen LogP contribution in [0.5, 0.6) is 11.5 Å². The zero-order valence-corrected chi connectivity index (χ0v) is 16.7. The van der Waals surface area contributed by atoms with Crippen molar-refractivity contribution in [3.8, 4) is 17.6 Å². The smallest absolute Gasteiger partial charge is 0.412 e. The second-order valence-electron chi connectivity index (χ2n) is 5.79. The minimum atomic E-state index is -1.36. The Morgan fingerprint density at radius 1 is 1.27 bits per heavy atom. The first-order valence-corrected chi connectivity index (χ1v) is 8.88. The number of amides is 1. The Labute approximate surface area is 179 Å². The molecule has 0 atom stereocenters. The van der Waals surface area contributed by atoms with Crippen molar-refractivity contribution in [2.75, 3.05) is 5.43 Å². The van der Waals surface area contributed by atoms with E-state index in [-0.39, 0.29) is 21.5 Å². The van der Waals surface area contributed by atoms with Crippen molar-refractivity contribution in [1.29, 1.82) is 5.26 Å². The van der Waals surface area contributed by atoms with Gasteiger partial charge in [0.25, 0.3) is 0 Å². The molecular formula is C18H12Cl2N6O4. The summed E-state index contributed by atoms with van der Waals surface area (Å²) in [5, 5.41) is 17.9. The Hall–Kier alpha value is -3.81. The fourth-order valence-electron chi connectivity index (χ4n) is 2.41. The van der Waals surface area contributed by atoms with Crippen molar-refractivity contribution in [2.24, 2.45) is 17.9 Å². The zero-order valence-electron chi connectivity index (χ0n) is 15.2. The lowest BCUT2D eigenvalue weighted by Gasteiger charge is -2.11. The van der Waals surface area contributed by atoms with Gasteiger partial charge < -0.3 is 15.2 Å². The average Bonchev–Trinajstić information content (AvgIpc) is 3.04. The Bertz CT molecular complexity index is 1210. The number of nitrogens with one attached hydrogen (secondary N) is 1. The van der Waals surface area contributed by atoms with Crippen LogP contribution in [-0.4, -0.2) is 27.6 Å². The third kappa shape index (κ3) is 4.78. The minimum absolute atomic E-state index is 0.143. The van der Waals surface area contributed by atoms with Crippen LogP contribution in [0.2, 0.25) is 10.0 Å². The summed E-state index contributed by atoms with van der Waals surface area (Å²) >= 11 is 12.5. The average molecular weight is 447 g/mol. The Morgan fingerprint density at radius 3 is 2.60 bits per heavy atom. The molecule has 0 saturated carbocycles. The first-order valence-electron chi connectivity index (χ1n) is 8.12. The summed E-state index contributed by atoms with van der Waals surface area (Å²) in [5.74, 6) is -0.607. The number of carbonyl (C=O) groups is 2. The number of hydrogen-bond donors (Lipinski definition) is 2. The molecule has 10 nitrogen and oxygen atoms in total. The van der Waals surface area contributed by atoms with Crippen molar-refractivity contribution in [3.63, 3.8) is 0 Å². The van der Waals surface area contributed by atoms with Gasteiger partial charge in [-0.25, -0.2) is 9.59 Å². The first kappa shape index (κ1) is 20.9. The maximum Gasteiger partial charge on any atom is 0.412 e. The highest BCUT2D eigenvalue weighted by Crippen LogP contribution is 2.39. The zero-order chi connectivity index (χ0) is 21.8. The van der Waals surface area contributed by atoms with Gasteiger partial charge in [0.2, 0.25) is 5.71 Å². The predicted octanol–water partition coefficient (Wildman–Crippen LogP) is 3.59. The van der Waals surface area contributed by atoms with E-state index in [1.54, 1.807) is 22.9 Å². The van der Waals surface area contributed by atoms with Crippen molar-refractivity contribution in [2.45, 2.75) is 0 Å². The number of nitrogens with zero attached hydrogens (tertiary/aromatic N) is 4. The predicted molar refractivity (Wildman–Crippen MR) is 110 cm³/mol. The molecule has 0 unspecified atom stereocenters. The number of benzene rings is 2. The fraction of sp³-hybridized carbons (Fsp3) is 0.0556. The molecule has 0 aliphatic rings. The number of fused-ring (bicyclic) bond motifs is 1. The summed E-state index contributed by atoms with van der Waals surface area (Å²) in [6.07, 6.45) is 0.479. The fourth-order valence-corrected chi connectivity index (χ4v) is 2.97. The molecule has 3 aromatic rings. The van der Waals surface area contributed by atoms with Gasteiger partial charge in [0.1, 0.15) is 11.8 Å². The van der Waals surface area contributed by atoms with Gasteiger partial charge in [0.05, 0.1) is 21.2 Å². The molecule has 0 saturated heterocycles. The molecule has 0 bridgehead atoms. The Morgan fingerprint density at radius 2 is 1.97 bits per heavy atom. The molecule has 12 heteroatoms. The Kier molecular flexibility index (Phi) is 6.06. The van der Waals surface area contributed by atoms with E-state index in [1.165, 1.54) is 18.2 Å². The number of rotatable bonds is 5. The Balaban J connectivity index is 1.80. The number of nitrogens with two attached hydrogens (primary N) is 1. The van der Waals surface area contributed by atoms with Crippen LogP contribution in [-0.2, 0) is 16.6 Å². The number of aromatic nitrogens is 2. The number of ether oxygens (including phenoxy) is 2. The maximum atomic E-state index is 11.5. The maximum absolute atomic E-state index is 11.5. The molecule has 3 N–H and O–H groups in total. The molecule has 3 rings (SSSR count). The van der Waals surface area contributed by atoms with Crippen LogP contribution < -0.4 is 15.9 Å². The van der Waals surface area contributed by atoms with E-state index in [0.29, 0.717) is 5.75 Å². The number of carbonyl (C=O) groups excluding carboxylic acids is 2. The third-order valence-electron chi connectivity index (χ3n) is 3.60. The number of hydrazone groups is 1. The van der Waals surface area contributed by atoms with E-state index >= 15 is 0 Å². The van der Waals surface area contributed by atoms with E-state index in [0.717, 1.165) is 10.9 Å². The molecule has 0 aliphatic heterocycles. The largest absolute Gasteiger partial charge is 0.454 e. The monoisotopic (exact) mass is 446 g/mol. The number of nitriles is 1. The molecular weight excluding hydrogens is 435 g/mol. The topological polar surface area (TPSA) is 145 Å². The van der Waals surface area contributed by atoms with E-state index in [2.05, 4.69) is 20.4 Å². The van der Waals surface area contributed by atoms with Crippen LogP contribution in [0, 0.1) is 11.3 Å². The van der Waals surface area contributed by atoms with Crippen molar-refractivity contribution in [3.05, 3.63) is 46.6 Å². The highest BCUT2D eigenvalue weighted by Gasteiger charge is 2.16. The first-order chi connectivity index (χ1) is 14.3. The number of halogens is 2. The van der Waals surface area contributed by atoms with Gasteiger partial charge in [-0.1, -0.05) is 23.2 Å². The summed E-state index contributed by atoms with van der Waals surface area (Å²) in [5.41, 5.74) is 7.48. The van der Waals surface area contributed by atoms with Gasteiger partial charge in [0.15, 0.2) is 5.75 Å². The second-order valence-corrected chi connectivity index (χ2v) is 6.60. The quantitative estimate of drug-likeness (QED) is 0.263. The summed E-state index contributed by atoms with van der Waals surface area (Å²) < 4.78 is 11.6. The van der Waals surface area contributed by atoms with Gasteiger partial charge >= 0.3 is 12.1 Å². The molecule has 0 fully saturated rings. The van der Waals surface area contributed by atoms with Crippen molar-refractivity contribution >= 4 is 57.6 Å². The van der Waals surface area contributed by atoms with Gasteiger partial charge in [-0.2, -0.15) is 15.5 Å². The molecule has 0 radical (unpaired) electrons. The standard InChI is InChI=1S/C18H12Cl2N6O4/c1-26-8-9-4-11(2-3-14(9)25-26)29-16-12(19)5-10(6-13(16)20)23-24-15(7-21)17(27)30-18(22)28/h2-6,8,23H,1H3,(H2,22,28). The molecule has 2 aromatic carbocycles. The molecule has 1 heterocycles. The van der Waals surface area contributed by atoms with Gasteiger partial charge in [0, 0.05) is 18.6 Å². The van der Waals surface area contributed by atoms with Gasteiger partial charge in [-0.05, 0) is 30.3 Å². The van der Waals surface area contributed by atoms with E-state index in [1.807, 2.05) is 13.2 Å². The van der Waals surface area contributed by atoms with E-state index in [9.17, 15) is 9.59 Å². The van der Waals surface area contributed by atoms with Gasteiger partial charge in [-0.15, -0.1) is 0 Å². The number of esters is 1. The summed E-state index contributed by atoms with van der Waals surface area (Å²) in [4.78, 5) is 22.1. The van der Waals surface area contributed by atoms with E-state index in [4.69, 9.17) is 38.9 Å². The van der Waals surface area contributed by atoms with Crippen LogP contribution in [0.15, 0.2) is 41.6 Å². The van der Waals surface area contributed by atoms with Crippen LogP contribution in [0.4, 0.5) is 10.5 Å². The molecule has 152 valence electrons. The van der Waals surface area contributed by atoms with Crippen molar-refractivity contribution in [1.82, 2.24) is 9.78 Å². The number of aryl methyl sites for hydroxylation is 1. The van der Waals surface area contributed by atoms with Crippen LogP contribution in [0.25, 0.3) is 10.9 Å². The van der Waals surface area contributed by atoms with Crippen LogP contribution >= 0.6 is 23.2 Å². The van der Waals surface area contributed by atoms with E-state index < -0.39 is 17.8 Å². The third-order valence-corrected chi connectivity index (χ3v) is 4.16. The molecule has 30 heavy (non-hydrogen) atoms. The lowest BCUT2D eigenvalue weighted by atomic mass is 10.2. The van der Waals surface area contributed by atoms with Gasteiger partial charge in [-0.3, -0.25) is 10.1 Å². The summed E-state index contributed by atoms with van der Waals surface area (Å²) in [6.45, 7) is 0. The van der Waals surface area contributed by atoms with Crippen LogP contribution in [0.3, 0.4) is 0 Å². The van der Waals surface area contributed by atoms with Crippen LogP contribution in [0.1, 0.15) is 0 Å². The molecule has 1 aromatic heterocycles. The summed E-state index contributed by atoms with van der Waals surface area (Å²) in [7, 11) is 1.81. The minimum Gasteiger partial charge on any atom is -0.454 e. The van der Waals surface area contributed by atoms with Crippen molar-refractivity contribution < 1.29 is 19.1 Å². The molecule has 0 spiro atoms. The second kappa shape index (κ2) is 8.69. The number of anilines is 1.